The van der Waals surface area contributed by atoms with Gasteiger partial charge in [-0.2, -0.15) is 0 Å². The molecule has 0 fully saturated rings. The fourth-order valence-electron chi connectivity index (χ4n) is 1.79. The fraction of sp³-hybridized carbons (Fsp3) is 0.200. The first-order valence-corrected chi connectivity index (χ1v) is 6.39. The van der Waals surface area contributed by atoms with E-state index in [1.165, 1.54) is 36.4 Å². The smallest absolute Gasteiger partial charge is 0.128 e. The van der Waals surface area contributed by atoms with E-state index in [0.717, 1.165) is 0 Å². The van der Waals surface area contributed by atoms with Crippen molar-refractivity contribution in [3.63, 3.8) is 0 Å². The summed E-state index contributed by atoms with van der Waals surface area (Å²) in [5.41, 5.74) is 0.909. The van der Waals surface area contributed by atoms with E-state index in [-0.39, 0.29) is 12.4 Å². The van der Waals surface area contributed by atoms with Crippen molar-refractivity contribution in [3.05, 3.63) is 64.2 Å². The van der Waals surface area contributed by atoms with Crippen molar-refractivity contribution in [1.82, 2.24) is 0 Å². The van der Waals surface area contributed by atoms with Gasteiger partial charge >= 0.3 is 0 Å². The topological polar surface area (TPSA) is 29.5 Å². The Morgan fingerprint density at radius 3 is 2.50 bits per heavy atom. The summed E-state index contributed by atoms with van der Waals surface area (Å²) < 4.78 is 31.8. The van der Waals surface area contributed by atoms with Gasteiger partial charge in [0.15, 0.2) is 0 Å². The van der Waals surface area contributed by atoms with Crippen molar-refractivity contribution >= 4 is 11.6 Å². The minimum atomic E-state index is -0.798. The Kier molecular flexibility index (Phi) is 4.57. The number of hydrogen-bond acceptors (Lipinski definition) is 2. The summed E-state index contributed by atoms with van der Waals surface area (Å²) in [5.74, 6) is -0.696. The van der Waals surface area contributed by atoms with E-state index in [0.29, 0.717) is 16.1 Å². The normalized spacial score (nSPS) is 12.2. The van der Waals surface area contributed by atoms with Crippen LogP contribution in [0.15, 0.2) is 36.4 Å². The maximum atomic E-state index is 13.2. The third-order valence-electron chi connectivity index (χ3n) is 2.82. The first kappa shape index (κ1) is 14.8. The van der Waals surface area contributed by atoms with Crippen LogP contribution in [-0.2, 0) is 6.61 Å². The van der Waals surface area contributed by atoms with Crippen molar-refractivity contribution < 1.29 is 18.6 Å². The highest BCUT2D eigenvalue weighted by Crippen LogP contribution is 2.27. The first-order chi connectivity index (χ1) is 9.47. The third kappa shape index (κ3) is 3.46. The number of ether oxygens (including phenoxy) is 1. The molecule has 0 saturated carbocycles. The van der Waals surface area contributed by atoms with Crippen molar-refractivity contribution in [1.29, 1.82) is 0 Å². The van der Waals surface area contributed by atoms with E-state index in [1.54, 1.807) is 6.92 Å². The maximum Gasteiger partial charge on any atom is 0.128 e. The van der Waals surface area contributed by atoms with Crippen LogP contribution in [0, 0.1) is 11.6 Å². The lowest BCUT2D eigenvalue weighted by Crippen LogP contribution is -2.02. The summed E-state index contributed by atoms with van der Waals surface area (Å²) in [5, 5.41) is 9.97. The zero-order valence-corrected chi connectivity index (χ0v) is 11.5. The zero-order valence-electron chi connectivity index (χ0n) is 10.7. The Morgan fingerprint density at radius 2 is 1.80 bits per heavy atom. The van der Waals surface area contributed by atoms with Gasteiger partial charge < -0.3 is 9.84 Å². The highest BCUT2D eigenvalue weighted by Gasteiger charge is 2.11. The lowest BCUT2D eigenvalue weighted by atomic mass is 10.1. The van der Waals surface area contributed by atoms with Crippen LogP contribution in [0.1, 0.15) is 24.2 Å². The number of rotatable bonds is 4. The summed E-state index contributed by atoms with van der Waals surface area (Å²) in [6.45, 7) is 1.54. The quantitative estimate of drug-likeness (QED) is 0.914. The lowest BCUT2D eigenvalue weighted by molar-refractivity contribution is 0.190. The Bertz CT molecular complexity index is 615. The van der Waals surface area contributed by atoms with E-state index in [2.05, 4.69) is 0 Å². The van der Waals surface area contributed by atoms with Crippen LogP contribution in [0.2, 0.25) is 5.02 Å². The van der Waals surface area contributed by atoms with Gasteiger partial charge in [-0.1, -0.05) is 11.6 Å². The minimum absolute atomic E-state index is 0.0141. The summed E-state index contributed by atoms with van der Waals surface area (Å²) in [6, 6.07) is 7.79. The van der Waals surface area contributed by atoms with Crippen molar-refractivity contribution in [2.75, 3.05) is 0 Å². The largest absolute Gasteiger partial charge is 0.488 e. The molecule has 0 unspecified atom stereocenters. The van der Waals surface area contributed by atoms with Crippen molar-refractivity contribution in [2.24, 2.45) is 0 Å². The van der Waals surface area contributed by atoms with Crippen LogP contribution < -0.4 is 4.74 Å². The molecule has 0 bridgehead atoms. The molecule has 2 nitrogen and oxygen atoms in total. The summed E-state index contributed by atoms with van der Waals surface area (Å²) in [6.07, 6.45) is -0.798. The molecule has 1 N–H and O–H groups in total. The standard InChI is InChI=1S/C15H13ClF2O2/c1-9(19)13-4-2-12(18)7-15(13)20-8-10-6-11(17)3-5-14(10)16/h2-7,9,19H,8H2,1H3/t9-/m1/s1. The van der Waals surface area contributed by atoms with Crippen molar-refractivity contribution in [3.8, 4) is 5.75 Å². The number of hydrogen-bond donors (Lipinski definition) is 1. The van der Waals surface area contributed by atoms with Crippen LogP contribution in [0.3, 0.4) is 0 Å². The summed E-state index contributed by atoms with van der Waals surface area (Å²) in [7, 11) is 0. The Labute approximate surface area is 120 Å². The third-order valence-corrected chi connectivity index (χ3v) is 3.19. The molecule has 0 radical (unpaired) electrons. The number of halogens is 3. The van der Waals surface area contributed by atoms with Gasteiger partial charge in [0.1, 0.15) is 24.0 Å². The van der Waals surface area contributed by atoms with Crippen LogP contribution in [0.25, 0.3) is 0 Å². The van der Waals surface area contributed by atoms with E-state index in [9.17, 15) is 13.9 Å². The highest BCUT2D eigenvalue weighted by molar-refractivity contribution is 6.31. The molecule has 0 aliphatic rings. The predicted molar refractivity (Wildman–Crippen MR) is 72.8 cm³/mol. The van der Waals surface area contributed by atoms with E-state index >= 15 is 0 Å². The van der Waals surface area contributed by atoms with Crippen LogP contribution in [0.5, 0.6) is 5.75 Å². The van der Waals surface area contributed by atoms with Gasteiger partial charge in [-0.3, -0.25) is 0 Å². The maximum absolute atomic E-state index is 13.2. The second-order valence-corrected chi connectivity index (χ2v) is 4.79. The molecule has 0 heterocycles. The molecular formula is C15H13ClF2O2. The molecule has 0 aromatic heterocycles. The fourth-order valence-corrected chi connectivity index (χ4v) is 1.96. The molecule has 2 rings (SSSR count). The van der Waals surface area contributed by atoms with E-state index in [1.807, 2.05) is 0 Å². The Hall–Kier alpha value is -1.65. The van der Waals surface area contributed by atoms with Gasteiger partial charge in [-0.15, -0.1) is 0 Å². The van der Waals surface area contributed by atoms with Crippen molar-refractivity contribution in [2.45, 2.75) is 19.6 Å². The molecule has 0 saturated heterocycles. The lowest BCUT2D eigenvalue weighted by Gasteiger charge is -2.14. The number of aliphatic hydroxyl groups excluding tert-OH is 1. The Balaban J connectivity index is 2.22. The first-order valence-electron chi connectivity index (χ1n) is 6.01. The molecule has 1 atom stereocenters. The predicted octanol–water partition coefficient (Wildman–Crippen LogP) is 4.25. The molecule has 2 aromatic carbocycles. The summed E-state index contributed by atoms with van der Waals surface area (Å²) in [4.78, 5) is 0. The average molecular weight is 299 g/mol. The second-order valence-electron chi connectivity index (χ2n) is 4.38. The monoisotopic (exact) mass is 298 g/mol. The molecule has 0 aliphatic heterocycles. The SMILES string of the molecule is C[C@@H](O)c1ccc(F)cc1OCc1cc(F)ccc1Cl. The molecular weight excluding hydrogens is 286 g/mol. The highest BCUT2D eigenvalue weighted by atomic mass is 35.5. The second kappa shape index (κ2) is 6.20. The van der Waals surface area contributed by atoms with Gasteiger partial charge in [-0.25, -0.2) is 8.78 Å². The van der Waals surface area contributed by atoms with E-state index in [4.69, 9.17) is 16.3 Å². The molecule has 0 aliphatic carbocycles. The molecule has 0 amide bonds. The van der Waals surface area contributed by atoms with Crippen LogP contribution >= 0.6 is 11.6 Å². The molecule has 0 spiro atoms. The van der Waals surface area contributed by atoms with Gasteiger partial charge in [0.05, 0.1) is 6.10 Å². The Morgan fingerprint density at radius 1 is 1.15 bits per heavy atom. The molecule has 2 aromatic rings. The van der Waals surface area contributed by atoms with Gasteiger partial charge in [-0.05, 0) is 37.3 Å². The van der Waals surface area contributed by atoms with Gasteiger partial charge in [0.2, 0.25) is 0 Å². The average Bonchev–Trinajstić information content (AvgIpc) is 2.39. The molecule has 106 valence electrons. The van der Waals surface area contributed by atoms with Crippen LogP contribution in [-0.4, -0.2) is 5.11 Å². The number of aliphatic hydroxyl groups is 1. The molecule has 5 heteroatoms. The minimum Gasteiger partial charge on any atom is -0.488 e. The van der Waals surface area contributed by atoms with Crippen LogP contribution in [0.4, 0.5) is 8.78 Å². The van der Waals surface area contributed by atoms with Gasteiger partial charge in [0, 0.05) is 22.2 Å². The number of benzene rings is 2. The van der Waals surface area contributed by atoms with E-state index < -0.39 is 17.7 Å². The zero-order chi connectivity index (χ0) is 14.7. The summed E-state index contributed by atoms with van der Waals surface area (Å²) >= 11 is 5.93. The molecule has 20 heavy (non-hydrogen) atoms. The van der Waals surface area contributed by atoms with Gasteiger partial charge in [0.25, 0.3) is 0 Å².